The number of oxazole rings is 1. The third-order valence-corrected chi connectivity index (χ3v) is 4.07. The topological polar surface area (TPSA) is 55.1 Å². The number of nitrogens with zero attached hydrogens (tertiary/aromatic N) is 1. The van der Waals surface area contributed by atoms with E-state index in [-0.39, 0.29) is 18.4 Å². The highest BCUT2D eigenvalue weighted by Gasteiger charge is 2.15. The van der Waals surface area contributed by atoms with E-state index in [0.29, 0.717) is 23.3 Å². The summed E-state index contributed by atoms with van der Waals surface area (Å²) in [6, 6.07) is 9.93. The lowest BCUT2D eigenvalue weighted by Crippen LogP contribution is -2.33. The first-order valence-corrected chi connectivity index (χ1v) is 8.76. The zero-order valence-corrected chi connectivity index (χ0v) is 15.1. The monoisotopic (exact) mass is 328 g/mol. The number of nitrogens with one attached hydrogen (secondary N) is 1. The van der Waals surface area contributed by atoms with E-state index in [1.54, 1.807) is 0 Å². The van der Waals surface area contributed by atoms with E-state index in [4.69, 9.17) is 4.42 Å². The van der Waals surface area contributed by atoms with E-state index in [0.717, 1.165) is 18.4 Å². The van der Waals surface area contributed by atoms with Crippen molar-refractivity contribution in [3.63, 3.8) is 0 Å². The van der Waals surface area contributed by atoms with Crippen LogP contribution in [0, 0.1) is 12.8 Å². The van der Waals surface area contributed by atoms with Gasteiger partial charge in [0.25, 0.3) is 0 Å². The first-order chi connectivity index (χ1) is 11.5. The van der Waals surface area contributed by atoms with Gasteiger partial charge in [-0.1, -0.05) is 44.9 Å². The number of hydrogen-bond donors (Lipinski definition) is 1. The van der Waals surface area contributed by atoms with E-state index in [1.165, 1.54) is 6.42 Å². The average Bonchev–Trinajstić information content (AvgIpc) is 2.88. The van der Waals surface area contributed by atoms with Gasteiger partial charge < -0.3 is 9.73 Å². The zero-order valence-electron chi connectivity index (χ0n) is 15.1. The molecule has 1 aromatic carbocycles. The Labute approximate surface area is 144 Å². The van der Waals surface area contributed by atoms with Gasteiger partial charge >= 0.3 is 0 Å². The van der Waals surface area contributed by atoms with Crippen molar-refractivity contribution in [1.29, 1.82) is 0 Å². The van der Waals surface area contributed by atoms with Crippen LogP contribution in [0.3, 0.4) is 0 Å². The molecule has 1 aromatic heterocycles. The largest absolute Gasteiger partial charge is 0.441 e. The molecule has 2 rings (SSSR count). The Hall–Kier alpha value is -2.10. The van der Waals surface area contributed by atoms with Crippen LogP contribution in [0.4, 0.5) is 0 Å². The fourth-order valence-corrected chi connectivity index (χ4v) is 2.68. The molecular formula is C20H28N2O2. The van der Waals surface area contributed by atoms with Crippen molar-refractivity contribution in [3.8, 4) is 11.5 Å². The molecule has 0 bridgehead atoms. The third kappa shape index (κ3) is 5.52. The van der Waals surface area contributed by atoms with E-state index >= 15 is 0 Å². The lowest BCUT2D eigenvalue weighted by atomic mass is 10.0. The normalized spacial score (nSPS) is 12.4. The fraction of sp³-hybridized carbons (Fsp3) is 0.500. The summed E-state index contributed by atoms with van der Waals surface area (Å²) in [7, 11) is 0. The maximum absolute atomic E-state index is 12.2. The summed E-state index contributed by atoms with van der Waals surface area (Å²) in [5.74, 6) is 1.99. The Balaban J connectivity index is 1.89. The number of carbonyl (C=O) groups excluding carboxylic acids is 1. The van der Waals surface area contributed by atoms with Crippen molar-refractivity contribution >= 4 is 5.91 Å². The summed E-state index contributed by atoms with van der Waals surface area (Å²) in [5.41, 5.74) is 1.63. The maximum Gasteiger partial charge on any atom is 0.226 e. The molecule has 0 saturated heterocycles. The van der Waals surface area contributed by atoms with Crippen LogP contribution in [0.5, 0.6) is 0 Å². The zero-order chi connectivity index (χ0) is 17.5. The van der Waals surface area contributed by atoms with Gasteiger partial charge in [-0.3, -0.25) is 4.79 Å². The molecule has 0 saturated carbocycles. The molecule has 1 heterocycles. The van der Waals surface area contributed by atoms with Crippen LogP contribution >= 0.6 is 0 Å². The predicted octanol–water partition coefficient (Wildman–Crippen LogP) is 4.52. The molecule has 0 radical (unpaired) electrons. The average molecular weight is 328 g/mol. The second kappa shape index (κ2) is 8.67. The molecule has 4 nitrogen and oxygen atoms in total. The molecule has 4 heteroatoms. The van der Waals surface area contributed by atoms with Gasteiger partial charge in [0.1, 0.15) is 5.76 Å². The summed E-state index contributed by atoms with van der Waals surface area (Å²) in [6.45, 7) is 8.36. The minimum atomic E-state index is 0.00283. The molecule has 24 heavy (non-hydrogen) atoms. The summed E-state index contributed by atoms with van der Waals surface area (Å²) >= 11 is 0. The van der Waals surface area contributed by atoms with E-state index in [9.17, 15) is 4.79 Å². The molecule has 130 valence electrons. The molecule has 1 N–H and O–H groups in total. The Morgan fingerprint density at radius 2 is 1.88 bits per heavy atom. The third-order valence-electron chi connectivity index (χ3n) is 4.07. The number of aromatic nitrogens is 1. The van der Waals surface area contributed by atoms with Gasteiger partial charge in [-0.2, -0.15) is 0 Å². The van der Waals surface area contributed by atoms with Crippen molar-refractivity contribution in [1.82, 2.24) is 10.3 Å². The van der Waals surface area contributed by atoms with Crippen LogP contribution in [0.2, 0.25) is 0 Å². The number of aryl methyl sites for hydroxylation is 1. The van der Waals surface area contributed by atoms with Gasteiger partial charge in [0.2, 0.25) is 11.8 Å². The van der Waals surface area contributed by atoms with Crippen LogP contribution in [0.1, 0.15) is 51.5 Å². The van der Waals surface area contributed by atoms with Gasteiger partial charge in [-0.25, -0.2) is 4.98 Å². The lowest BCUT2D eigenvalue weighted by Gasteiger charge is -2.14. The molecule has 1 atom stereocenters. The van der Waals surface area contributed by atoms with Crippen molar-refractivity contribution in [2.24, 2.45) is 5.92 Å². The van der Waals surface area contributed by atoms with Crippen LogP contribution in [0.15, 0.2) is 34.7 Å². The van der Waals surface area contributed by atoms with Crippen molar-refractivity contribution in [2.45, 2.75) is 59.4 Å². The van der Waals surface area contributed by atoms with E-state index in [1.807, 2.05) is 37.3 Å². The fourth-order valence-electron chi connectivity index (χ4n) is 2.68. The molecule has 0 spiro atoms. The highest BCUT2D eigenvalue weighted by atomic mass is 16.4. The predicted molar refractivity (Wildman–Crippen MR) is 96.7 cm³/mol. The minimum absolute atomic E-state index is 0.00283. The summed E-state index contributed by atoms with van der Waals surface area (Å²) in [4.78, 5) is 16.7. The first kappa shape index (κ1) is 18.2. The van der Waals surface area contributed by atoms with Crippen LogP contribution in [-0.4, -0.2) is 16.9 Å². The molecule has 0 aliphatic carbocycles. The van der Waals surface area contributed by atoms with E-state index in [2.05, 4.69) is 31.1 Å². The highest BCUT2D eigenvalue weighted by Crippen LogP contribution is 2.21. The van der Waals surface area contributed by atoms with Crippen LogP contribution < -0.4 is 5.32 Å². The standard InChI is InChI=1S/C20H28N2O2/c1-14(2)9-8-10-15(3)21-19(23)13-18-16(4)24-20(22-18)17-11-6-5-7-12-17/h5-7,11-12,14-15H,8-10,13H2,1-4H3,(H,21,23). The Morgan fingerprint density at radius 1 is 1.17 bits per heavy atom. The second-order valence-corrected chi connectivity index (χ2v) is 6.86. The maximum atomic E-state index is 12.2. The van der Waals surface area contributed by atoms with Gasteiger partial charge in [0, 0.05) is 11.6 Å². The summed E-state index contributed by atoms with van der Waals surface area (Å²) in [5, 5.41) is 3.06. The molecule has 2 aromatic rings. The van der Waals surface area contributed by atoms with Gasteiger partial charge in [0.05, 0.1) is 12.1 Å². The van der Waals surface area contributed by atoms with Crippen molar-refractivity contribution in [2.75, 3.05) is 0 Å². The number of benzene rings is 1. The Kier molecular flexibility index (Phi) is 6.59. The summed E-state index contributed by atoms with van der Waals surface area (Å²) < 4.78 is 5.71. The lowest BCUT2D eigenvalue weighted by molar-refractivity contribution is -0.121. The minimum Gasteiger partial charge on any atom is -0.441 e. The number of rotatable bonds is 8. The van der Waals surface area contributed by atoms with E-state index < -0.39 is 0 Å². The SMILES string of the molecule is Cc1oc(-c2ccccc2)nc1CC(=O)NC(C)CCCC(C)C. The van der Waals surface area contributed by atoms with Crippen molar-refractivity contribution in [3.05, 3.63) is 41.8 Å². The van der Waals surface area contributed by atoms with Gasteiger partial charge in [-0.15, -0.1) is 0 Å². The smallest absolute Gasteiger partial charge is 0.226 e. The van der Waals surface area contributed by atoms with Gasteiger partial charge in [0.15, 0.2) is 0 Å². The second-order valence-electron chi connectivity index (χ2n) is 6.86. The Bertz CT molecular complexity index is 647. The Morgan fingerprint density at radius 3 is 2.54 bits per heavy atom. The number of hydrogen-bond acceptors (Lipinski definition) is 3. The molecule has 0 aliphatic heterocycles. The first-order valence-electron chi connectivity index (χ1n) is 8.76. The van der Waals surface area contributed by atoms with Crippen LogP contribution in [-0.2, 0) is 11.2 Å². The number of carbonyl (C=O) groups is 1. The quantitative estimate of drug-likeness (QED) is 0.775. The molecule has 1 unspecified atom stereocenters. The van der Waals surface area contributed by atoms with Gasteiger partial charge in [-0.05, 0) is 38.3 Å². The number of amides is 1. The summed E-state index contributed by atoms with van der Waals surface area (Å²) in [6.07, 6.45) is 3.61. The van der Waals surface area contributed by atoms with Crippen LogP contribution in [0.25, 0.3) is 11.5 Å². The molecule has 0 aliphatic rings. The molecule has 0 fully saturated rings. The van der Waals surface area contributed by atoms with Crippen molar-refractivity contribution < 1.29 is 9.21 Å². The molecular weight excluding hydrogens is 300 g/mol. The highest BCUT2D eigenvalue weighted by molar-refractivity contribution is 5.78. The molecule has 1 amide bonds.